The summed E-state index contributed by atoms with van der Waals surface area (Å²) >= 11 is 0. The van der Waals surface area contributed by atoms with Crippen LogP contribution in [0.25, 0.3) is 0 Å². The van der Waals surface area contributed by atoms with Crippen molar-refractivity contribution < 1.29 is 75.4 Å². The molecule has 12 amide bonds. The van der Waals surface area contributed by atoms with E-state index in [9.17, 15) is 66.0 Å². The molecule has 5 rings (SSSR count). The van der Waals surface area contributed by atoms with Gasteiger partial charge in [-0.25, -0.2) is 13.4 Å². The van der Waals surface area contributed by atoms with Gasteiger partial charge in [0.05, 0.1) is 31.9 Å². The average Bonchev–Trinajstić information content (AvgIpc) is 1.20. The summed E-state index contributed by atoms with van der Waals surface area (Å²) < 4.78 is 38.4. The number of guanidine groups is 1. The first-order chi connectivity index (χ1) is 57.8. The zero-order valence-corrected chi connectivity index (χ0v) is 69.8. The number of hydrogen-bond donors (Lipinski definition) is 18. The molecule has 0 aliphatic carbocycles. The third kappa shape index (κ3) is 42.6. The highest BCUT2D eigenvalue weighted by Crippen LogP contribution is 2.20. The fourth-order valence-electron chi connectivity index (χ4n) is 13.0. The molecule has 40 heteroatoms. The molecule has 664 valence electrons. The molecule has 22 N–H and O–H groups in total. The van der Waals surface area contributed by atoms with Crippen LogP contribution in [-0.2, 0) is 96.3 Å². The Morgan fingerprint density at radius 1 is 0.683 bits per heavy atom. The lowest BCUT2D eigenvalue weighted by Crippen LogP contribution is -2.61. The molecular formula is C80H127N23O16S. The summed E-state index contributed by atoms with van der Waals surface area (Å²) in [6.07, 6.45) is 26.5. The number of imidazole rings is 1. The minimum atomic E-state index is -3.94. The lowest BCUT2D eigenvalue weighted by molar-refractivity contribution is -0.136. The van der Waals surface area contributed by atoms with Gasteiger partial charge < -0.3 is 95.9 Å². The number of aromatic amines is 2. The van der Waals surface area contributed by atoms with Crippen LogP contribution in [0.3, 0.4) is 0 Å². The molecule has 1 fully saturated rings. The number of H-pyrrole nitrogens is 2. The quantitative estimate of drug-likeness (QED) is 0.0201. The molecule has 4 heterocycles. The van der Waals surface area contributed by atoms with Crippen LogP contribution in [0.15, 0.2) is 96.1 Å². The molecule has 0 unspecified atom stereocenters. The summed E-state index contributed by atoms with van der Waals surface area (Å²) in [6, 6.07) is -3.03. The highest BCUT2D eigenvalue weighted by Gasteiger charge is 2.36. The molecule has 1 aromatic carbocycles. The van der Waals surface area contributed by atoms with Gasteiger partial charge in [0.15, 0.2) is 11.8 Å². The Kier molecular flexibility index (Phi) is 48.1. The Hall–Kier alpha value is -11.0. The molecule has 0 bridgehead atoms. The van der Waals surface area contributed by atoms with Crippen molar-refractivity contribution in [3.05, 3.63) is 108 Å². The molecule has 2 aliphatic rings. The number of aliphatic imine (C=N–C) groups is 1. The minimum Gasteiger partial charge on any atom is -0.387 e. The summed E-state index contributed by atoms with van der Waals surface area (Å²) in [4.78, 5) is 178. The maximum Gasteiger partial charge on any atom is 0.246 e. The molecule has 2 aliphatic heterocycles. The zero-order chi connectivity index (χ0) is 87.1. The van der Waals surface area contributed by atoms with E-state index in [2.05, 4.69) is 105 Å². The minimum absolute atomic E-state index is 0.00711. The van der Waals surface area contributed by atoms with Gasteiger partial charge >= 0.3 is 0 Å². The summed E-state index contributed by atoms with van der Waals surface area (Å²) in [5.74, 6) is -9.34. The number of nitrogens with one attached hydrogen (secondary N) is 14. The zero-order valence-electron chi connectivity index (χ0n) is 69.0. The average molecular weight is 1700 g/mol. The lowest BCUT2D eigenvalue weighted by Gasteiger charge is -2.28. The van der Waals surface area contributed by atoms with Crippen molar-refractivity contribution in [3.8, 4) is 0 Å². The van der Waals surface area contributed by atoms with E-state index >= 15 is 0 Å². The van der Waals surface area contributed by atoms with Crippen molar-refractivity contribution in [2.45, 2.75) is 248 Å². The van der Waals surface area contributed by atoms with Crippen LogP contribution < -0.4 is 86.1 Å². The second-order valence-electron chi connectivity index (χ2n) is 29.6. The highest BCUT2D eigenvalue weighted by atomic mass is 32.2. The number of carbonyl (C=O) groups is 12. The van der Waals surface area contributed by atoms with E-state index < -0.39 is 155 Å². The number of ether oxygens (including phenoxy) is 2. The molecule has 120 heavy (non-hydrogen) atoms. The van der Waals surface area contributed by atoms with Crippen LogP contribution in [0.2, 0.25) is 0 Å². The first-order valence-corrected chi connectivity index (χ1v) is 43.4. The second-order valence-corrected chi connectivity index (χ2v) is 31.5. The standard InChI is InChI=1S/C80H127N23O16S/c1-3-4-31-60(93-78(114)65(49-58-52-86-54-90-58)91-71(107)53-119-45-44-118-43-42-88-68(104)36-27-46-120(116,117)101-70(106)35-22-15-13-11-9-7-5-6-8-10-12-14-21-34-67-99-102-103-100-67)73(109)95-62-37-38-69(105)87-40-25-23-32-59(72(82)108)92-77(113)64(48-57-51-85-39-24-17-18-28-55(57)2)97-74(110)61(33-26-41-89-80(83)84)94-76(112)63(47-56-29-19-16-20-30-56)96-79(115)66(50-81)98-75(62)111/h16-20,24,28-30,51-52,54,59-66,85H,2-15,21-23,25-27,31-50,53,81H2,1H3,(H2,82,108)(H,86,90)(H,87,105)(H,88,104)(H,91,107)(H,92,113)(H,93,114)(H,94,112)(H,95,109)(H,96,115)(H,97,110)(H,98,111)(H,101,106)(H4,83,84,89)(H,99,100,102,103)/b24-17-,28-18-,57-51?/t59-,60-,61-,62-,63+,64-,65-,66-/m0/s1. The second kappa shape index (κ2) is 58.0. The fraction of sp³-hybridized carbons (Fsp3) is 0.613. The number of carbonyl (C=O) groups excluding carboxylic acids is 12. The normalized spacial score (nSPS) is 19.2. The molecule has 0 saturated carbocycles. The molecule has 8 atom stereocenters. The number of benzene rings is 1. The van der Waals surface area contributed by atoms with Crippen molar-refractivity contribution in [1.82, 2.24) is 93.8 Å². The topological polar surface area (TPSA) is 601 Å². The van der Waals surface area contributed by atoms with Crippen LogP contribution in [-0.4, -0.2) is 229 Å². The van der Waals surface area contributed by atoms with Gasteiger partial charge in [-0.15, -0.1) is 10.2 Å². The summed E-state index contributed by atoms with van der Waals surface area (Å²) in [6.45, 7) is 5.36. The number of aromatic nitrogens is 6. The number of primary amides is 1. The Labute approximate surface area is 701 Å². The molecule has 0 spiro atoms. The first-order valence-electron chi connectivity index (χ1n) is 41.7. The van der Waals surface area contributed by atoms with Gasteiger partial charge in [0.25, 0.3) is 0 Å². The predicted octanol–water partition coefficient (Wildman–Crippen LogP) is -0.0200. The third-order valence-corrected chi connectivity index (χ3v) is 21.0. The molecule has 1 saturated heterocycles. The van der Waals surface area contributed by atoms with Gasteiger partial charge in [-0.2, -0.15) is 5.21 Å². The number of nitrogens with zero attached hydrogens (tertiary/aromatic N) is 5. The molecule has 3 aromatic rings. The number of allylic oxidation sites excluding steroid dienone is 4. The SMILES string of the molecule is C=C1/C=C\C=C/CNC=C1C[C@@H]1NC(=O)[C@H](CCCN=C(N)N)NC(=O)[C@@H](Cc2ccccc2)NC(=O)[C@H](CN)NC(=O)[C@@H](NC(=O)[C@H](CCCC)NC(=O)[C@H](Cc2cnc[nH]2)NC(=O)COCCOCCNC(=O)CCCS(=O)(=O)NC(=O)CCCCCCCCCCCCCCCc2nn[nH]n2)CCC(=O)NCCCC[C@@H](C(N)=O)NC1=O. The van der Waals surface area contributed by atoms with Gasteiger partial charge in [-0.05, 0) is 80.9 Å². The fourth-order valence-corrected chi connectivity index (χ4v) is 14.0. The molecule has 39 nitrogen and oxygen atoms in total. The molecular weight excluding hydrogens is 1570 g/mol. The van der Waals surface area contributed by atoms with E-state index in [4.69, 9.17) is 32.4 Å². The number of rotatable bonds is 49. The molecule has 0 radical (unpaired) electrons. The van der Waals surface area contributed by atoms with E-state index in [0.29, 0.717) is 48.2 Å². The highest BCUT2D eigenvalue weighted by molar-refractivity contribution is 7.90. The van der Waals surface area contributed by atoms with Gasteiger partial charge in [0.2, 0.25) is 80.9 Å². The first kappa shape index (κ1) is 99.6. The van der Waals surface area contributed by atoms with E-state index in [-0.39, 0.29) is 129 Å². The van der Waals surface area contributed by atoms with E-state index in [0.717, 1.165) is 50.8 Å². The van der Waals surface area contributed by atoms with Crippen molar-refractivity contribution in [2.75, 3.05) is 64.9 Å². The van der Waals surface area contributed by atoms with Crippen LogP contribution in [0.4, 0.5) is 0 Å². The maximum atomic E-state index is 14.8. The smallest absolute Gasteiger partial charge is 0.246 e. The van der Waals surface area contributed by atoms with E-state index in [1.165, 1.54) is 51.0 Å². The number of tetrazole rings is 1. The summed E-state index contributed by atoms with van der Waals surface area (Å²) in [7, 11) is -3.94. The van der Waals surface area contributed by atoms with E-state index in [1.807, 2.05) is 13.0 Å². The number of nitrogens with two attached hydrogens (primary N) is 4. The van der Waals surface area contributed by atoms with Crippen molar-refractivity contribution in [2.24, 2.45) is 27.9 Å². The Morgan fingerprint density at radius 2 is 1.34 bits per heavy atom. The number of unbranched alkanes of at least 4 members (excludes halogenated alkanes) is 13. The van der Waals surface area contributed by atoms with Crippen molar-refractivity contribution in [1.29, 1.82) is 0 Å². The number of sulfonamides is 1. The van der Waals surface area contributed by atoms with Gasteiger partial charge in [-0.3, -0.25) is 67.2 Å². The number of amides is 12. The number of hydrogen-bond acceptors (Lipinski definition) is 23. The lowest BCUT2D eigenvalue weighted by atomic mass is 9.98. The summed E-state index contributed by atoms with van der Waals surface area (Å²) in [5, 5.41) is 43.9. The largest absolute Gasteiger partial charge is 0.387 e. The van der Waals surface area contributed by atoms with Crippen LogP contribution in [0, 0.1) is 0 Å². The van der Waals surface area contributed by atoms with E-state index in [1.54, 1.807) is 54.8 Å². The van der Waals surface area contributed by atoms with Crippen LogP contribution in [0.1, 0.15) is 197 Å². The Morgan fingerprint density at radius 3 is 2.02 bits per heavy atom. The third-order valence-electron chi connectivity index (χ3n) is 19.6. The van der Waals surface area contributed by atoms with Gasteiger partial charge in [-0.1, -0.05) is 157 Å². The van der Waals surface area contributed by atoms with Gasteiger partial charge in [0.1, 0.15) is 54.9 Å². The van der Waals surface area contributed by atoms with Crippen molar-refractivity contribution in [3.63, 3.8) is 0 Å². The predicted molar refractivity (Wildman–Crippen MR) is 448 cm³/mol. The molecule has 2 aromatic heterocycles. The maximum absolute atomic E-state index is 14.8. The summed E-state index contributed by atoms with van der Waals surface area (Å²) in [5.41, 5.74) is 25.3. The van der Waals surface area contributed by atoms with Gasteiger partial charge in [0, 0.05) is 95.8 Å². The van der Waals surface area contributed by atoms with Crippen LogP contribution >= 0.6 is 0 Å². The number of aryl methyl sites for hydroxylation is 1. The van der Waals surface area contributed by atoms with Crippen molar-refractivity contribution >= 4 is 86.9 Å². The Bertz CT molecular complexity index is 3920. The Balaban J connectivity index is 1.16. The monoisotopic (exact) mass is 1700 g/mol. The van der Waals surface area contributed by atoms with Crippen LogP contribution in [0.5, 0.6) is 0 Å².